The molecule has 2 saturated heterocycles. The van der Waals surface area contributed by atoms with E-state index in [-0.39, 0.29) is 6.03 Å². The lowest BCUT2D eigenvalue weighted by Gasteiger charge is -2.35. The van der Waals surface area contributed by atoms with Gasteiger partial charge in [-0.15, -0.1) is 0 Å². The van der Waals surface area contributed by atoms with Crippen LogP contribution >= 0.6 is 23.2 Å². The van der Waals surface area contributed by atoms with Crippen molar-refractivity contribution in [2.75, 3.05) is 51.1 Å². The molecule has 0 radical (unpaired) electrons. The lowest BCUT2D eigenvalue weighted by molar-refractivity contribution is 0.133. The van der Waals surface area contributed by atoms with Gasteiger partial charge in [-0.05, 0) is 42.6 Å². The van der Waals surface area contributed by atoms with Gasteiger partial charge in [-0.3, -0.25) is 9.80 Å². The van der Waals surface area contributed by atoms with Crippen molar-refractivity contribution in [1.82, 2.24) is 14.7 Å². The SMILES string of the molecule is O=C(Nc1ccc(Cl)c(Cl)c1)N1CCN(CC2CCN(Cc3ccccc3)C2)CC1. The third-order valence-electron chi connectivity index (χ3n) is 5.97. The summed E-state index contributed by atoms with van der Waals surface area (Å²) < 4.78 is 0. The molecule has 2 amide bonds. The highest BCUT2D eigenvalue weighted by Gasteiger charge is 2.27. The first kappa shape index (κ1) is 21.4. The van der Waals surface area contributed by atoms with Crippen LogP contribution in [-0.2, 0) is 6.54 Å². The van der Waals surface area contributed by atoms with Crippen molar-refractivity contribution in [3.05, 3.63) is 64.1 Å². The molecular formula is C23H28Cl2N4O. The van der Waals surface area contributed by atoms with Crippen LogP contribution in [0.5, 0.6) is 0 Å². The third kappa shape index (κ3) is 5.67. The zero-order valence-corrected chi connectivity index (χ0v) is 18.6. The number of amides is 2. The van der Waals surface area contributed by atoms with Gasteiger partial charge in [0.15, 0.2) is 0 Å². The van der Waals surface area contributed by atoms with Crippen LogP contribution in [0.15, 0.2) is 48.5 Å². The van der Waals surface area contributed by atoms with Gasteiger partial charge in [-0.2, -0.15) is 0 Å². The van der Waals surface area contributed by atoms with Gasteiger partial charge < -0.3 is 10.2 Å². The van der Waals surface area contributed by atoms with Crippen LogP contribution in [-0.4, -0.2) is 66.5 Å². The maximum Gasteiger partial charge on any atom is 0.321 e. The Morgan fingerprint density at radius 3 is 2.43 bits per heavy atom. The zero-order chi connectivity index (χ0) is 20.9. The van der Waals surface area contributed by atoms with E-state index in [1.165, 1.54) is 18.5 Å². The summed E-state index contributed by atoms with van der Waals surface area (Å²) in [6.07, 6.45) is 1.25. The number of nitrogens with zero attached hydrogens (tertiary/aromatic N) is 3. The van der Waals surface area contributed by atoms with Crippen LogP contribution in [0.1, 0.15) is 12.0 Å². The number of urea groups is 1. The standard InChI is InChI=1S/C23H28Cl2N4O/c24-21-7-6-20(14-22(21)25)26-23(30)29-12-10-27(11-13-29)16-19-8-9-28(17-19)15-18-4-2-1-3-5-18/h1-7,14,19H,8-13,15-17H2,(H,26,30). The molecule has 4 rings (SSSR count). The van der Waals surface area contributed by atoms with Crippen molar-refractivity contribution in [2.24, 2.45) is 5.92 Å². The predicted octanol–water partition coefficient (Wildman–Crippen LogP) is 4.67. The lowest BCUT2D eigenvalue weighted by Crippen LogP contribution is -2.51. The topological polar surface area (TPSA) is 38.8 Å². The Labute approximate surface area is 188 Å². The molecular weight excluding hydrogens is 419 g/mol. The van der Waals surface area contributed by atoms with Gasteiger partial charge in [0.05, 0.1) is 10.0 Å². The smallest absolute Gasteiger partial charge is 0.321 e. The number of anilines is 1. The summed E-state index contributed by atoms with van der Waals surface area (Å²) >= 11 is 12.0. The molecule has 2 aliphatic rings. The van der Waals surface area contributed by atoms with E-state index in [1.807, 2.05) is 4.90 Å². The number of carbonyl (C=O) groups excluding carboxylic acids is 1. The van der Waals surface area contributed by atoms with E-state index in [4.69, 9.17) is 23.2 Å². The second kappa shape index (κ2) is 10.0. The Morgan fingerprint density at radius 2 is 1.70 bits per heavy atom. The predicted molar refractivity (Wildman–Crippen MR) is 123 cm³/mol. The fourth-order valence-electron chi connectivity index (χ4n) is 4.32. The number of halogens is 2. The van der Waals surface area contributed by atoms with Gasteiger partial charge in [0.25, 0.3) is 0 Å². The number of hydrogen-bond acceptors (Lipinski definition) is 3. The van der Waals surface area contributed by atoms with E-state index >= 15 is 0 Å². The lowest BCUT2D eigenvalue weighted by atomic mass is 10.1. The maximum absolute atomic E-state index is 12.5. The molecule has 1 atom stereocenters. The highest BCUT2D eigenvalue weighted by Crippen LogP contribution is 2.25. The van der Waals surface area contributed by atoms with Gasteiger partial charge in [0.2, 0.25) is 0 Å². The van der Waals surface area contributed by atoms with Crippen LogP contribution in [0.4, 0.5) is 10.5 Å². The highest BCUT2D eigenvalue weighted by atomic mass is 35.5. The second-order valence-electron chi connectivity index (χ2n) is 8.22. The van der Waals surface area contributed by atoms with Crippen molar-refractivity contribution in [3.8, 4) is 0 Å². The van der Waals surface area contributed by atoms with E-state index in [2.05, 4.69) is 45.4 Å². The molecule has 0 bridgehead atoms. The Hall–Kier alpha value is -1.79. The Morgan fingerprint density at radius 1 is 0.933 bits per heavy atom. The maximum atomic E-state index is 12.5. The molecule has 7 heteroatoms. The fraction of sp³-hybridized carbons (Fsp3) is 0.435. The van der Waals surface area contributed by atoms with E-state index in [0.29, 0.717) is 21.7 Å². The van der Waals surface area contributed by atoms with Crippen LogP contribution < -0.4 is 5.32 Å². The number of likely N-dealkylation sites (tertiary alicyclic amines) is 1. The van der Waals surface area contributed by atoms with Crippen molar-refractivity contribution in [2.45, 2.75) is 13.0 Å². The van der Waals surface area contributed by atoms with Crippen LogP contribution in [0.2, 0.25) is 10.0 Å². The van der Waals surface area contributed by atoms with Crippen molar-refractivity contribution in [1.29, 1.82) is 0 Å². The molecule has 160 valence electrons. The van der Waals surface area contributed by atoms with Crippen LogP contribution in [0.3, 0.4) is 0 Å². The molecule has 2 heterocycles. The average molecular weight is 447 g/mol. The summed E-state index contributed by atoms with van der Waals surface area (Å²) in [5, 5.41) is 3.84. The van der Waals surface area contributed by atoms with Crippen molar-refractivity contribution < 1.29 is 4.79 Å². The minimum absolute atomic E-state index is 0.0806. The molecule has 2 aliphatic heterocycles. The Bertz CT molecular complexity index is 856. The van der Waals surface area contributed by atoms with Crippen LogP contribution in [0, 0.1) is 5.92 Å². The second-order valence-corrected chi connectivity index (χ2v) is 9.04. The highest BCUT2D eigenvalue weighted by molar-refractivity contribution is 6.42. The molecule has 0 aromatic heterocycles. The molecule has 2 aromatic rings. The summed E-state index contributed by atoms with van der Waals surface area (Å²) in [5.41, 5.74) is 2.06. The van der Waals surface area contributed by atoms with Crippen LogP contribution in [0.25, 0.3) is 0 Å². The van der Waals surface area contributed by atoms with Gasteiger partial charge in [-0.25, -0.2) is 4.79 Å². The number of benzene rings is 2. The molecule has 2 fully saturated rings. The molecule has 30 heavy (non-hydrogen) atoms. The Balaban J connectivity index is 1.19. The summed E-state index contributed by atoms with van der Waals surface area (Å²) in [7, 11) is 0. The summed E-state index contributed by atoms with van der Waals surface area (Å²) in [6.45, 7) is 7.82. The number of piperazine rings is 1. The fourth-order valence-corrected chi connectivity index (χ4v) is 4.62. The monoisotopic (exact) mass is 446 g/mol. The minimum atomic E-state index is -0.0806. The average Bonchev–Trinajstić information content (AvgIpc) is 3.18. The molecule has 2 aromatic carbocycles. The minimum Gasteiger partial charge on any atom is -0.322 e. The number of rotatable bonds is 5. The molecule has 0 saturated carbocycles. The van der Waals surface area contributed by atoms with Crippen molar-refractivity contribution in [3.63, 3.8) is 0 Å². The van der Waals surface area contributed by atoms with E-state index in [1.54, 1.807) is 18.2 Å². The summed E-state index contributed by atoms with van der Waals surface area (Å²) in [6, 6.07) is 15.8. The summed E-state index contributed by atoms with van der Waals surface area (Å²) in [4.78, 5) is 19.5. The summed E-state index contributed by atoms with van der Waals surface area (Å²) in [5.74, 6) is 0.713. The number of nitrogens with one attached hydrogen (secondary N) is 1. The van der Waals surface area contributed by atoms with Crippen molar-refractivity contribution >= 4 is 34.9 Å². The van der Waals surface area contributed by atoms with E-state index in [9.17, 15) is 4.79 Å². The molecule has 1 N–H and O–H groups in total. The largest absolute Gasteiger partial charge is 0.322 e. The Kier molecular flexibility index (Phi) is 7.16. The van der Waals surface area contributed by atoms with E-state index < -0.39 is 0 Å². The van der Waals surface area contributed by atoms with Gasteiger partial charge >= 0.3 is 6.03 Å². The zero-order valence-electron chi connectivity index (χ0n) is 17.1. The molecule has 0 spiro atoms. The molecule has 0 aliphatic carbocycles. The van der Waals surface area contributed by atoms with E-state index in [0.717, 1.165) is 45.8 Å². The third-order valence-corrected chi connectivity index (χ3v) is 6.70. The molecule has 1 unspecified atom stereocenters. The first-order valence-electron chi connectivity index (χ1n) is 10.6. The first-order chi connectivity index (χ1) is 14.6. The van der Waals surface area contributed by atoms with Gasteiger partial charge in [0, 0.05) is 51.5 Å². The van der Waals surface area contributed by atoms with Gasteiger partial charge in [-0.1, -0.05) is 53.5 Å². The number of hydrogen-bond donors (Lipinski definition) is 1. The first-order valence-corrected chi connectivity index (χ1v) is 11.3. The van der Waals surface area contributed by atoms with Gasteiger partial charge in [0.1, 0.15) is 0 Å². The quantitative estimate of drug-likeness (QED) is 0.725. The normalized spacial score (nSPS) is 20.5. The number of carbonyl (C=O) groups is 1. The molecule has 5 nitrogen and oxygen atoms in total.